The Hall–Kier alpha value is -2.30. The van der Waals surface area contributed by atoms with Gasteiger partial charge in [-0.3, -0.25) is 4.79 Å². The Balaban J connectivity index is 1.90. The smallest absolute Gasteiger partial charge is 0.320 e. The zero-order valence-electron chi connectivity index (χ0n) is 14.9. The lowest BCUT2D eigenvalue weighted by Crippen LogP contribution is -2.40. The van der Waals surface area contributed by atoms with Gasteiger partial charge in [0.25, 0.3) is 0 Å². The third kappa shape index (κ3) is 3.92. The molecule has 0 aliphatic carbocycles. The van der Waals surface area contributed by atoms with E-state index in [1.165, 1.54) is 0 Å². The van der Waals surface area contributed by atoms with Crippen molar-refractivity contribution < 1.29 is 9.90 Å². The second kappa shape index (κ2) is 7.94. The van der Waals surface area contributed by atoms with Gasteiger partial charge in [0, 0.05) is 35.2 Å². The number of halogens is 1. The number of fused-ring (bicyclic) bond motifs is 1. The van der Waals surface area contributed by atoms with Crippen molar-refractivity contribution in [1.29, 1.82) is 0 Å². The molecule has 1 aromatic heterocycles. The van der Waals surface area contributed by atoms with Gasteiger partial charge in [-0.15, -0.1) is 0 Å². The summed E-state index contributed by atoms with van der Waals surface area (Å²) in [5, 5.41) is 14.4. The average molecular weight is 371 g/mol. The summed E-state index contributed by atoms with van der Waals surface area (Å²) in [6.45, 7) is 5.00. The summed E-state index contributed by atoms with van der Waals surface area (Å²) in [6, 6.07) is 15.4. The van der Waals surface area contributed by atoms with E-state index in [2.05, 4.69) is 28.2 Å². The predicted molar refractivity (Wildman–Crippen MR) is 106 cm³/mol. The molecule has 0 spiro atoms. The van der Waals surface area contributed by atoms with Gasteiger partial charge in [0.15, 0.2) is 0 Å². The average Bonchev–Trinajstić information content (AvgIpc) is 2.95. The third-order valence-electron chi connectivity index (χ3n) is 4.61. The number of nitrogens with one attached hydrogen (secondary N) is 1. The molecule has 1 heterocycles. The number of hydrogen-bond acceptors (Lipinski definition) is 2. The first-order valence-electron chi connectivity index (χ1n) is 8.73. The number of hydrogen-bond donors (Lipinski definition) is 2. The standard InChI is InChI=1S/C21H23ClN2O2/c1-14(2)20(21(25)26)23-11-16-13-24(19-10-6-4-8-17(16)19)12-15-7-3-5-9-18(15)22/h3-10,13-14,20,23H,11-12H2,1-2H3,(H,25,26). The lowest BCUT2D eigenvalue weighted by atomic mass is 10.0. The second-order valence-corrected chi connectivity index (χ2v) is 7.24. The molecular weight excluding hydrogens is 348 g/mol. The van der Waals surface area contributed by atoms with Gasteiger partial charge in [0.2, 0.25) is 0 Å². The minimum Gasteiger partial charge on any atom is -0.480 e. The van der Waals surface area contributed by atoms with Gasteiger partial charge in [-0.25, -0.2) is 0 Å². The van der Waals surface area contributed by atoms with Crippen molar-refractivity contribution in [3.63, 3.8) is 0 Å². The minimum absolute atomic E-state index is 0.0176. The largest absolute Gasteiger partial charge is 0.480 e. The molecule has 0 aliphatic heterocycles. The van der Waals surface area contributed by atoms with Crippen molar-refractivity contribution in [1.82, 2.24) is 9.88 Å². The van der Waals surface area contributed by atoms with Gasteiger partial charge in [-0.2, -0.15) is 0 Å². The summed E-state index contributed by atoms with van der Waals surface area (Å²) in [5.41, 5.74) is 3.25. The maximum Gasteiger partial charge on any atom is 0.320 e. The molecule has 0 aliphatic rings. The van der Waals surface area contributed by atoms with E-state index in [0.717, 1.165) is 27.1 Å². The minimum atomic E-state index is -0.820. The fraction of sp³-hybridized carbons (Fsp3) is 0.286. The van der Waals surface area contributed by atoms with Crippen LogP contribution in [0.5, 0.6) is 0 Å². The van der Waals surface area contributed by atoms with E-state index in [1.54, 1.807) is 0 Å². The molecule has 26 heavy (non-hydrogen) atoms. The highest BCUT2D eigenvalue weighted by molar-refractivity contribution is 6.31. The number of nitrogens with zero attached hydrogens (tertiary/aromatic N) is 1. The van der Waals surface area contributed by atoms with Crippen molar-refractivity contribution in [2.75, 3.05) is 0 Å². The Morgan fingerprint density at radius 1 is 1.12 bits per heavy atom. The summed E-state index contributed by atoms with van der Waals surface area (Å²) in [4.78, 5) is 11.4. The van der Waals surface area contributed by atoms with Gasteiger partial charge in [-0.05, 0) is 29.2 Å². The molecule has 2 aromatic carbocycles. The number of aliphatic carboxylic acids is 1. The Labute approximate surface area is 158 Å². The monoisotopic (exact) mass is 370 g/mol. The Kier molecular flexibility index (Phi) is 5.64. The fourth-order valence-electron chi connectivity index (χ4n) is 3.23. The van der Waals surface area contributed by atoms with E-state index in [4.69, 9.17) is 11.6 Å². The van der Waals surface area contributed by atoms with Crippen molar-refractivity contribution in [3.8, 4) is 0 Å². The van der Waals surface area contributed by atoms with Crippen molar-refractivity contribution in [2.24, 2.45) is 5.92 Å². The summed E-state index contributed by atoms with van der Waals surface area (Å²) < 4.78 is 2.17. The van der Waals surface area contributed by atoms with E-state index in [-0.39, 0.29) is 5.92 Å². The van der Waals surface area contributed by atoms with Crippen LogP contribution in [0.2, 0.25) is 5.02 Å². The van der Waals surface area contributed by atoms with Crippen LogP contribution in [0.15, 0.2) is 54.7 Å². The van der Waals surface area contributed by atoms with Gasteiger partial charge >= 0.3 is 5.97 Å². The van der Waals surface area contributed by atoms with Crippen LogP contribution in [0.4, 0.5) is 0 Å². The molecule has 0 amide bonds. The number of benzene rings is 2. The second-order valence-electron chi connectivity index (χ2n) is 6.83. The first-order chi connectivity index (χ1) is 12.5. The Morgan fingerprint density at radius 2 is 1.81 bits per heavy atom. The molecule has 1 atom stereocenters. The lowest BCUT2D eigenvalue weighted by molar-refractivity contribution is -0.140. The summed E-state index contributed by atoms with van der Waals surface area (Å²) in [6.07, 6.45) is 2.08. The number of para-hydroxylation sites is 1. The summed E-state index contributed by atoms with van der Waals surface area (Å²) >= 11 is 6.31. The van der Waals surface area contributed by atoms with E-state index in [9.17, 15) is 9.90 Å². The van der Waals surface area contributed by atoms with Crippen LogP contribution in [0.25, 0.3) is 10.9 Å². The number of carboxylic acid groups (broad SMARTS) is 1. The highest BCUT2D eigenvalue weighted by atomic mass is 35.5. The molecular formula is C21H23ClN2O2. The quantitative estimate of drug-likeness (QED) is 0.641. The van der Waals surface area contributed by atoms with Crippen LogP contribution in [-0.2, 0) is 17.9 Å². The molecule has 0 saturated carbocycles. The van der Waals surface area contributed by atoms with Gasteiger partial charge in [0.05, 0.1) is 0 Å². The topological polar surface area (TPSA) is 54.3 Å². The maximum absolute atomic E-state index is 11.4. The lowest BCUT2D eigenvalue weighted by Gasteiger charge is -2.17. The van der Waals surface area contributed by atoms with Gasteiger partial charge in [0.1, 0.15) is 6.04 Å². The number of rotatable bonds is 7. The molecule has 0 bridgehead atoms. The molecule has 0 radical (unpaired) electrons. The Morgan fingerprint density at radius 3 is 2.50 bits per heavy atom. The molecule has 3 aromatic rings. The van der Waals surface area contributed by atoms with Crippen molar-refractivity contribution in [2.45, 2.75) is 33.0 Å². The van der Waals surface area contributed by atoms with Gasteiger partial charge in [-0.1, -0.05) is 61.8 Å². The summed E-state index contributed by atoms with van der Waals surface area (Å²) in [7, 11) is 0. The zero-order valence-corrected chi connectivity index (χ0v) is 15.7. The zero-order chi connectivity index (χ0) is 18.7. The fourth-order valence-corrected chi connectivity index (χ4v) is 3.43. The first kappa shape index (κ1) is 18.5. The van der Waals surface area contributed by atoms with Crippen LogP contribution < -0.4 is 5.32 Å². The molecule has 1 unspecified atom stereocenters. The van der Waals surface area contributed by atoms with E-state index in [1.807, 2.05) is 50.2 Å². The molecule has 0 saturated heterocycles. The normalized spacial score (nSPS) is 12.6. The Bertz CT molecular complexity index is 917. The van der Waals surface area contributed by atoms with Crippen molar-refractivity contribution in [3.05, 3.63) is 70.9 Å². The predicted octanol–water partition coefficient (Wildman–Crippen LogP) is 4.54. The van der Waals surface area contributed by atoms with Crippen LogP contribution >= 0.6 is 11.6 Å². The van der Waals surface area contributed by atoms with Crippen LogP contribution in [0.3, 0.4) is 0 Å². The van der Waals surface area contributed by atoms with E-state index in [0.29, 0.717) is 13.1 Å². The highest BCUT2D eigenvalue weighted by Gasteiger charge is 2.21. The molecule has 136 valence electrons. The third-order valence-corrected chi connectivity index (χ3v) is 4.98. The molecule has 3 rings (SSSR count). The van der Waals surface area contributed by atoms with Crippen LogP contribution in [0.1, 0.15) is 25.0 Å². The van der Waals surface area contributed by atoms with Crippen LogP contribution in [0, 0.1) is 5.92 Å². The van der Waals surface area contributed by atoms with Crippen molar-refractivity contribution >= 4 is 28.5 Å². The molecule has 4 nitrogen and oxygen atoms in total. The number of carboxylic acids is 1. The molecule has 2 N–H and O–H groups in total. The maximum atomic E-state index is 11.4. The van der Waals surface area contributed by atoms with Crippen LogP contribution in [-0.4, -0.2) is 21.7 Å². The first-order valence-corrected chi connectivity index (χ1v) is 9.11. The van der Waals surface area contributed by atoms with Gasteiger partial charge < -0.3 is 15.0 Å². The summed E-state index contributed by atoms with van der Waals surface area (Å²) in [5.74, 6) is -0.802. The van der Waals surface area contributed by atoms with E-state index >= 15 is 0 Å². The SMILES string of the molecule is CC(C)C(NCc1cn(Cc2ccccc2Cl)c2ccccc12)C(=O)O. The molecule has 5 heteroatoms. The van der Waals surface area contributed by atoms with E-state index < -0.39 is 12.0 Å². The highest BCUT2D eigenvalue weighted by Crippen LogP contribution is 2.24. The molecule has 0 fully saturated rings. The number of aromatic nitrogens is 1. The number of carbonyl (C=O) groups is 1.